The number of amides is 3. The smallest absolute Gasteiger partial charge is 0.255 e. The molecule has 29 heavy (non-hydrogen) atoms. The molecule has 2 aliphatic heterocycles. The Kier molecular flexibility index (Phi) is 5.42. The summed E-state index contributed by atoms with van der Waals surface area (Å²) >= 11 is 0. The number of carbonyl (C=O) groups excluding carboxylic acids is 3. The molecule has 2 aliphatic rings. The predicted octanol–water partition coefficient (Wildman–Crippen LogP) is 1.27. The number of aliphatic hydroxyl groups excluding tert-OH is 1. The molecule has 7 nitrogen and oxygen atoms in total. The molecule has 2 atom stereocenters. The fourth-order valence-electron chi connectivity index (χ4n) is 3.95. The van der Waals surface area contributed by atoms with Crippen molar-refractivity contribution in [3.05, 3.63) is 70.8 Å². The van der Waals surface area contributed by atoms with Crippen molar-refractivity contribution < 1.29 is 19.5 Å². The van der Waals surface area contributed by atoms with Gasteiger partial charge in [-0.2, -0.15) is 0 Å². The summed E-state index contributed by atoms with van der Waals surface area (Å²) in [7, 11) is 0. The predicted molar refractivity (Wildman–Crippen MR) is 106 cm³/mol. The number of nitrogens with one attached hydrogen (secondary N) is 2. The minimum Gasteiger partial charge on any atom is -0.394 e. The number of carbonyl (C=O) groups is 3. The van der Waals surface area contributed by atoms with E-state index in [9.17, 15) is 19.5 Å². The number of hydrogen-bond donors (Lipinski definition) is 3. The summed E-state index contributed by atoms with van der Waals surface area (Å²) in [4.78, 5) is 37.8. The highest BCUT2D eigenvalue weighted by atomic mass is 16.3. The summed E-state index contributed by atoms with van der Waals surface area (Å²) in [5.41, 5.74) is 3.48. The maximum absolute atomic E-state index is 12.7. The highest BCUT2D eigenvalue weighted by Crippen LogP contribution is 2.28. The van der Waals surface area contributed by atoms with Gasteiger partial charge in [0.05, 0.1) is 12.6 Å². The van der Waals surface area contributed by atoms with Crippen molar-refractivity contribution in [1.29, 1.82) is 0 Å². The minimum absolute atomic E-state index is 0.0171. The Morgan fingerprint density at radius 3 is 2.66 bits per heavy atom. The van der Waals surface area contributed by atoms with Crippen LogP contribution in [0.25, 0.3) is 0 Å². The van der Waals surface area contributed by atoms with Crippen molar-refractivity contribution in [2.24, 2.45) is 0 Å². The molecule has 1 saturated heterocycles. The molecule has 0 radical (unpaired) electrons. The third-order valence-electron chi connectivity index (χ3n) is 5.53. The van der Waals surface area contributed by atoms with E-state index in [0.717, 1.165) is 16.7 Å². The van der Waals surface area contributed by atoms with Gasteiger partial charge in [0, 0.05) is 25.1 Å². The first-order valence-corrected chi connectivity index (χ1v) is 9.72. The van der Waals surface area contributed by atoms with E-state index < -0.39 is 11.9 Å². The van der Waals surface area contributed by atoms with Crippen molar-refractivity contribution in [1.82, 2.24) is 15.5 Å². The topological polar surface area (TPSA) is 98.7 Å². The normalized spacial score (nSPS) is 19.8. The number of hydrogen-bond acceptors (Lipinski definition) is 5. The summed E-state index contributed by atoms with van der Waals surface area (Å²) in [5.74, 6) is -0.870. The van der Waals surface area contributed by atoms with Gasteiger partial charge in [-0.1, -0.05) is 42.5 Å². The van der Waals surface area contributed by atoms with Gasteiger partial charge >= 0.3 is 0 Å². The lowest BCUT2D eigenvalue weighted by atomic mass is 10.0. The number of benzene rings is 2. The Morgan fingerprint density at radius 1 is 1.14 bits per heavy atom. The Labute approximate surface area is 168 Å². The largest absolute Gasteiger partial charge is 0.394 e. The van der Waals surface area contributed by atoms with Gasteiger partial charge in [-0.05, 0) is 29.2 Å². The van der Waals surface area contributed by atoms with Gasteiger partial charge < -0.3 is 15.3 Å². The third kappa shape index (κ3) is 3.92. The summed E-state index contributed by atoms with van der Waals surface area (Å²) < 4.78 is 0. The molecule has 1 fully saturated rings. The average molecular weight is 393 g/mol. The molecule has 3 amide bonds. The molecule has 2 aromatic rings. The van der Waals surface area contributed by atoms with Gasteiger partial charge in [0.2, 0.25) is 11.8 Å². The molecule has 150 valence electrons. The SMILES string of the molecule is O=C1CCC(N2Cc3cc(CN[C@H](CO)c4ccccc4)ccc3C2=O)C(=O)N1. The van der Waals surface area contributed by atoms with Crippen LogP contribution in [0.3, 0.4) is 0 Å². The van der Waals surface area contributed by atoms with E-state index in [2.05, 4.69) is 10.6 Å². The first-order valence-electron chi connectivity index (χ1n) is 9.72. The average Bonchev–Trinajstić information content (AvgIpc) is 3.05. The van der Waals surface area contributed by atoms with Crippen LogP contribution in [0.5, 0.6) is 0 Å². The zero-order chi connectivity index (χ0) is 20.4. The lowest BCUT2D eigenvalue weighted by molar-refractivity contribution is -0.136. The van der Waals surface area contributed by atoms with Gasteiger partial charge in [0.1, 0.15) is 6.04 Å². The van der Waals surface area contributed by atoms with Crippen LogP contribution in [-0.2, 0) is 22.7 Å². The second kappa shape index (κ2) is 8.14. The Bertz CT molecular complexity index is 944. The molecule has 0 aromatic heterocycles. The Hall–Kier alpha value is -3.03. The minimum atomic E-state index is -0.606. The molecule has 0 bridgehead atoms. The number of rotatable bonds is 6. The molecule has 1 unspecified atom stereocenters. The van der Waals surface area contributed by atoms with Crippen molar-refractivity contribution in [3.8, 4) is 0 Å². The number of fused-ring (bicyclic) bond motifs is 1. The van der Waals surface area contributed by atoms with E-state index in [1.165, 1.54) is 0 Å². The zero-order valence-electron chi connectivity index (χ0n) is 15.9. The van der Waals surface area contributed by atoms with E-state index in [1.807, 2.05) is 42.5 Å². The molecule has 0 spiro atoms. The van der Waals surface area contributed by atoms with Crippen LogP contribution in [-0.4, -0.2) is 40.4 Å². The van der Waals surface area contributed by atoms with Gasteiger partial charge in [-0.15, -0.1) is 0 Å². The van der Waals surface area contributed by atoms with Crippen molar-refractivity contribution >= 4 is 17.7 Å². The van der Waals surface area contributed by atoms with Crippen LogP contribution >= 0.6 is 0 Å². The Morgan fingerprint density at radius 2 is 1.93 bits per heavy atom. The maximum Gasteiger partial charge on any atom is 0.255 e. The second-order valence-corrected chi connectivity index (χ2v) is 7.42. The zero-order valence-corrected chi connectivity index (χ0v) is 15.9. The van der Waals surface area contributed by atoms with E-state index >= 15 is 0 Å². The van der Waals surface area contributed by atoms with Crippen LogP contribution in [0.15, 0.2) is 48.5 Å². The molecule has 0 aliphatic carbocycles. The van der Waals surface area contributed by atoms with Gasteiger partial charge in [-0.25, -0.2) is 0 Å². The summed E-state index contributed by atoms with van der Waals surface area (Å²) in [6, 6.07) is 14.6. The molecule has 4 rings (SSSR count). The van der Waals surface area contributed by atoms with Crippen LogP contribution in [0.1, 0.15) is 45.9 Å². The van der Waals surface area contributed by atoms with Gasteiger partial charge in [0.15, 0.2) is 0 Å². The van der Waals surface area contributed by atoms with Crippen LogP contribution in [0, 0.1) is 0 Å². The lowest BCUT2D eigenvalue weighted by Gasteiger charge is -2.29. The molecule has 3 N–H and O–H groups in total. The standard InChI is InChI=1S/C22H23N3O4/c26-13-18(15-4-2-1-3-5-15)23-11-14-6-7-17-16(10-14)12-25(22(17)29)19-8-9-20(27)24-21(19)28/h1-7,10,18-19,23,26H,8-9,11-13H2,(H,24,27,28)/t18-,19?/m1/s1. The molecule has 0 saturated carbocycles. The van der Waals surface area contributed by atoms with Crippen molar-refractivity contribution in [2.45, 2.75) is 38.0 Å². The molecular weight excluding hydrogens is 370 g/mol. The Balaban J connectivity index is 1.45. The first-order chi connectivity index (χ1) is 14.1. The monoisotopic (exact) mass is 393 g/mol. The molecule has 2 aromatic carbocycles. The third-order valence-corrected chi connectivity index (χ3v) is 5.53. The van der Waals surface area contributed by atoms with Crippen molar-refractivity contribution in [2.75, 3.05) is 6.61 Å². The lowest BCUT2D eigenvalue weighted by Crippen LogP contribution is -2.52. The van der Waals surface area contributed by atoms with E-state index in [1.54, 1.807) is 11.0 Å². The summed E-state index contributed by atoms with van der Waals surface area (Å²) in [6.07, 6.45) is 0.599. The number of imide groups is 1. The number of nitrogens with zero attached hydrogens (tertiary/aromatic N) is 1. The van der Waals surface area contributed by atoms with Crippen LogP contribution < -0.4 is 10.6 Å². The molecule has 2 heterocycles. The second-order valence-electron chi connectivity index (χ2n) is 7.42. The highest BCUT2D eigenvalue weighted by Gasteiger charge is 2.39. The molecular formula is C22H23N3O4. The number of piperidine rings is 1. The van der Waals surface area contributed by atoms with E-state index in [4.69, 9.17) is 0 Å². The number of aliphatic hydroxyl groups is 1. The summed E-state index contributed by atoms with van der Waals surface area (Å²) in [6.45, 7) is 0.882. The fraction of sp³-hybridized carbons (Fsp3) is 0.318. The van der Waals surface area contributed by atoms with Gasteiger partial charge in [-0.3, -0.25) is 19.7 Å². The van der Waals surface area contributed by atoms with E-state index in [0.29, 0.717) is 25.1 Å². The van der Waals surface area contributed by atoms with E-state index in [-0.39, 0.29) is 30.9 Å². The summed E-state index contributed by atoms with van der Waals surface area (Å²) in [5, 5.41) is 15.3. The van der Waals surface area contributed by atoms with Gasteiger partial charge in [0.25, 0.3) is 5.91 Å². The quantitative estimate of drug-likeness (QED) is 0.642. The highest BCUT2D eigenvalue weighted by molar-refractivity contribution is 6.05. The van der Waals surface area contributed by atoms with Crippen LogP contribution in [0.4, 0.5) is 0 Å². The fourth-order valence-corrected chi connectivity index (χ4v) is 3.95. The molecule has 7 heteroatoms. The van der Waals surface area contributed by atoms with Crippen LogP contribution in [0.2, 0.25) is 0 Å². The van der Waals surface area contributed by atoms with Crippen molar-refractivity contribution in [3.63, 3.8) is 0 Å². The first kappa shape index (κ1) is 19.3. The maximum atomic E-state index is 12.7.